The Hall–Kier alpha value is -0.780. The normalized spacial score (nSPS) is 12.1. The van der Waals surface area contributed by atoms with Crippen molar-refractivity contribution < 1.29 is 9.90 Å². The quantitative estimate of drug-likeness (QED) is 0.821. The lowest BCUT2D eigenvalue weighted by atomic mass is 10.1. The second kappa shape index (κ2) is 5.95. The molecule has 1 atom stereocenters. The minimum Gasteiger partial charge on any atom is -0.481 e. The first-order valence-corrected chi connectivity index (χ1v) is 5.90. The van der Waals surface area contributed by atoms with Crippen LogP contribution in [0.2, 0.25) is 0 Å². The van der Waals surface area contributed by atoms with Crippen LogP contribution in [0.25, 0.3) is 0 Å². The molecule has 1 unspecified atom stereocenters. The number of halogens is 1. The summed E-state index contributed by atoms with van der Waals surface area (Å²) in [5, 5.41) is 11.8. The molecule has 82 valence electrons. The molecule has 0 fully saturated rings. The largest absolute Gasteiger partial charge is 0.481 e. The molecule has 0 amide bonds. The van der Waals surface area contributed by atoms with Crippen LogP contribution in [0, 0.1) is 3.57 Å². The van der Waals surface area contributed by atoms with Crippen LogP contribution in [0.3, 0.4) is 0 Å². The van der Waals surface area contributed by atoms with E-state index in [2.05, 4.69) is 27.9 Å². The van der Waals surface area contributed by atoms with Gasteiger partial charge in [-0.05, 0) is 48.1 Å². The van der Waals surface area contributed by atoms with Crippen LogP contribution in [-0.2, 0) is 4.79 Å². The van der Waals surface area contributed by atoms with Crippen molar-refractivity contribution in [1.82, 2.24) is 0 Å². The highest BCUT2D eigenvalue weighted by Gasteiger charge is 2.06. The lowest BCUT2D eigenvalue weighted by molar-refractivity contribution is -0.137. The molecular weight excluding hydrogens is 305 g/mol. The lowest BCUT2D eigenvalue weighted by Crippen LogP contribution is -2.17. The summed E-state index contributed by atoms with van der Waals surface area (Å²) in [6.07, 6.45) is 0.845. The molecule has 0 aliphatic heterocycles. The van der Waals surface area contributed by atoms with E-state index in [0.717, 1.165) is 9.26 Å². The number of aliphatic carboxylic acids is 1. The highest BCUT2D eigenvalue weighted by molar-refractivity contribution is 14.1. The topological polar surface area (TPSA) is 49.3 Å². The average Bonchev–Trinajstić information content (AvgIpc) is 2.18. The van der Waals surface area contributed by atoms with Gasteiger partial charge in [0.1, 0.15) is 0 Å². The van der Waals surface area contributed by atoms with E-state index in [1.165, 1.54) is 0 Å². The predicted molar refractivity (Wildman–Crippen MR) is 69.1 cm³/mol. The first-order chi connectivity index (χ1) is 7.09. The monoisotopic (exact) mass is 319 g/mol. The molecule has 3 nitrogen and oxygen atoms in total. The molecule has 0 aliphatic rings. The summed E-state index contributed by atoms with van der Waals surface area (Å²) < 4.78 is 1.15. The molecule has 0 aromatic heterocycles. The molecular formula is C11H14INO2. The van der Waals surface area contributed by atoms with E-state index < -0.39 is 5.97 Å². The smallest absolute Gasteiger partial charge is 0.303 e. The van der Waals surface area contributed by atoms with Gasteiger partial charge in [-0.1, -0.05) is 12.1 Å². The first-order valence-electron chi connectivity index (χ1n) is 4.82. The van der Waals surface area contributed by atoms with Crippen molar-refractivity contribution in [2.75, 3.05) is 5.32 Å². The van der Waals surface area contributed by atoms with Crippen molar-refractivity contribution in [2.24, 2.45) is 0 Å². The Morgan fingerprint density at radius 3 is 2.80 bits per heavy atom. The molecule has 2 N–H and O–H groups in total. The van der Waals surface area contributed by atoms with Crippen LogP contribution in [0.15, 0.2) is 24.3 Å². The molecule has 0 heterocycles. The van der Waals surface area contributed by atoms with Gasteiger partial charge in [0.2, 0.25) is 0 Å². The zero-order chi connectivity index (χ0) is 11.3. The molecule has 0 radical (unpaired) electrons. The third kappa shape index (κ3) is 4.51. The Balaban J connectivity index is 2.47. The van der Waals surface area contributed by atoms with Gasteiger partial charge in [-0.25, -0.2) is 0 Å². The van der Waals surface area contributed by atoms with Crippen LogP contribution in [-0.4, -0.2) is 17.1 Å². The molecule has 15 heavy (non-hydrogen) atoms. The Morgan fingerprint density at radius 1 is 1.53 bits per heavy atom. The molecule has 1 aromatic carbocycles. The van der Waals surface area contributed by atoms with Crippen molar-refractivity contribution in [1.29, 1.82) is 0 Å². The maximum Gasteiger partial charge on any atom is 0.303 e. The predicted octanol–water partition coefficient (Wildman–Crippen LogP) is 2.96. The molecule has 0 aliphatic carbocycles. The van der Waals surface area contributed by atoms with Gasteiger partial charge in [0.15, 0.2) is 0 Å². The van der Waals surface area contributed by atoms with E-state index in [0.29, 0.717) is 6.42 Å². The minimum atomic E-state index is -0.744. The Kier molecular flexibility index (Phi) is 4.87. The van der Waals surface area contributed by atoms with Gasteiger partial charge < -0.3 is 10.4 Å². The summed E-state index contributed by atoms with van der Waals surface area (Å²) >= 11 is 2.26. The van der Waals surface area contributed by atoms with Gasteiger partial charge in [0.25, 0.3) is 0 Å². The number of carbonyl (C=O) groups is 1. The number of anilines is 1. The zero-order valence-electron chi connectivity index (χ0n) is 8.53. The van der Waals surface area contributed by atoms with E-state index in [9.17, 15) is 4.79 Å². The average molecular weight is 319 g/mol. The number of benzene rings is 1. The van der Waals surface area contributed by atoms with Crippen LogP contribution >= 0.6 is 22.6 Å². The molecule has 0 bridgehead atoms. The Morgan fingerprint density at radius 2 is 2.20 bits per heavy atom. The van der Waals surface area contributed by atoms with Gasteiger partial charge >= 0.3 is 5.97 Å². The van der Waals surface area contributed by atoms with Crippen molar-refractivity contribution in [3.63, 3.8) is 0 Å². The van der Waals surface area contributed by atoms with Crippen molar-refractivity contribution >= 4 is 34.2 Å². The maximum atomic E-state index is 10.4. The second-order valence-electron chi connectivity index (χ2n) is 3.46. The van der Waals surface area contributed by atoms with Gasteiger partial charge in [-0.3, -0.25) is 4.79 Å². The van der Waals surface area contributed by atoms with Gasteiger partial charge in [-0.15, -0.1) is 0 Å². The van der Waals surface area contributed by atoms with Crippen molar-refractivity contribution in [2.45, 2.75) is 25.8 Å². The van der Waals surface area contributed by atoms with E-state index in [4.69, 9.17) is 5.11 Å². The second-order valence-corrected chi connectivity index (χ2v) is 4.62. The standard InChI is InChI=1S/C11H14INO2/c1-8(6-7-11(14)15)13-10-5-3-2-4-9(10)12/h2-5,8,13H,6-7H2,1H3,(H,14,15). The molecule has 1 aromatic rings. The minimum absolute atomic E-state index is 0.178. The number of carboxylic acids is 1. The highest BCUT2D eigenvalue weighted by Crippen LogP contribution is 2.18. The lowest BCUT2D eigenvalue weighted by Gasteiger charge is -2.15. The third-order valence-corrected chi connectivity index (χ3v) is 3.01. The molecule has 0 spiro atoms. The van der Waals surface area contributed by atoms with Gasteiger partial charge in [0.05, 0.1) is 0 Å². The molecule has 0 saturated carbocycles. The molecule has 0 saturated heterocycles. The van der Waals surface area contributed by atoms with Gasteiger partial charge in [-0.2, -0.15) is 0 Å². The van der Waals surface area contributed by atoms with Crippen LogP contribution in [0.4, 0.5) is 5.69 Å². The summed E-state index contributed by atoms with van der Waals surface area (Å²) in [4.78, 5) is 10.4. The van der Waals surface area contributed by atoms with E-state index >= 15 is 0 Å². The van der Waals surface area contributed by atoms with Crippen LogP contribution in [0.1, 0.15) is 19.8 Å². The number of hydrogen-bond donors (Lipinski definition) is 2. The van der Waals surface area contributed by atoms with E-state index in [-0.39, 0.29) is 12.5 Å². The zero-order valence-corrected chi connectivity index (χ0v) is 10.7. The number of para-hydroxylation sites is 1. The SMILES string of the molecule is CC(CCC(=O)O)Nc1ccccc1I. The fraction of sp³-hybridized carbons (Fsp3) is 0.364. The number of nitrogens with one attached hydrogen (secondary N) is 1. The molecule has 1 rings (SSSR count). The third-order valence-electron chi connectivity index (χ3n) is 2.07. The fourth-order valence-electron chi connectivity index (χ4n) is 1.26. The van der Waals surface area contributed by atoms with Crippen molar-refractivity contribution in [3.8, 4) is 0 Å². The summed E-state index contributed by atoms with van der Waals surface area (Å²) in [6, 6.07) is 8.15. The van der Waals surface area contributed by atoms with Gasteiger partial charge in [0, 0.05) is 21.7 Å². The highest BCUT2D eigenvalue weighted by atomic mass is 127. The molecule has 4 heteroatoms. The number of hydrogen-bond acceptors (Lipinski definition) is 2. The van der Waals surface area contributed by atoms with Crippen LogP contribution in [0.5, 0.6) is 0 Å². The van der Waals surface area contributed by atoms with Crippen LogP contribution < -0.4 is 5.32 Å². The van der Waals surface area contributed by atoms with Crippen molar-refractivity contribution in [3.05, 3.63) is 27.8 Å². The summed E-state index contributed by atoms with van der Waals surface area (Å²) in [6.45, 7) is 1.99. The number of carboxylic acid groups (broad SMARTS) is 1. The Bertz CT molecular complexity index is 341. The van der Waals surface area contributed by atoms with E-state index in [1.807, 2.05) is 31.2 Å². The Labute approximate surface area is 103 Å². The fourth-order valence-corrected chi connectivity index (χ4v) is 1.80. The first kappa shape index (κ1) is 12.3. The summed E-state index contributed by atoms with van der Waals surface area (Å²) in [5.74, 6) is -0.744. The number of rotatable bonds is 5. The summed E-state index contributed by atoms with van der Waals surface area (Å²) in [7, 11) is 0. The summed E-state index contributed by atoms with van der Waals surface area (Å²) in [5.41, 5.74) is 1.07. The van der Waals surface area contributed by atoms with E-state index in [1.54, 1.807) is 0 Å². The maximum absolute atomic E-state index is 10.4.